The number of aryl methyl sites for hydroxylation is 3. The molecule has 3 rings (SSSR count). The highest BCUT2D eigenvalue weighted by molar-refractivity contribution is 5.97. The maximum absolute atomic E-state index is 5.90. The molecule has 3 aromatic rings. The van der Waals surface area contributed by atoms with Crippen LogP contribution in [0.5, 0.6) is 0 Å². The summed E-state index contributed by atoms with van der Waals surface area (Å²) in [6.45, 7) is 4.23. The lowest BCUT2D eigenvalue weighted by atomic mass is 10.1. The Hall–Kier alpha value is -2.23. The van der Waals surface area contributed by atoms with E-state index in [1.807, 2.05) is 13.1 Å². The van der Waals surface area contributed by atoms with E-state index in [2.05, 4.69) is 48.8 Å². The van der Waals surface area contributed by atoms with Gasteiger partial charge in [-0.2, -0.15) is 5.10 Å². The summed E-state index contributed by atoms with van der Waals surface area (Å²) >= 11 is 0. The topological polar surface area (TPSA) is 48.8 Å². The van der Waals surface area contributed by atoms with Crippen molar-refractivity contribution < 1.29 is 0 Å². The Kier molecular flexibility index (Phi) is 2.42. The minimum absolute atomic E-state index is 0.680. The van der Waals surface area contributed by atoms with Crippen molar-refractivity contribution in [2.24, 2.45) is 14.1 Å². The van der Waals surface area contributed by atoms with Crippen LogP contribution in [0.4, 0.5) is 5.82 Å². The quantitative estimate of drug-likeness (QED) is 0.726. The number of nitrogens with zero attached hydrogens (tertiary/aromatic N) is 3. The number of hydrogen-bond donors (Lipinski definition) is 1. The standard InChI is InChI=1S/C15H18N4/c1-9-5-6-13-11(7-9)15(10(2)18(13)3)12-8-14(16)19(4)17-12/h5-8H,16H2,1-4H3. The zero-order valence-electron chi connectivity index (χ0n) is 11.7. The van der Waals surface area contributed by atoms with Crippen molar-refractivity contribution in [3.63, 3.8) is 0 Å². The van der Waals surface area contributed by atoms with Gasteiger partial charge in [-0.25, -0.2) is 0 Å². The van der Waals surface area contributed by atoms with Crippen molar-refractivity contribution in [3.05, 3.63) is 35.5 Å². The second-order valence-corrected chi connectivity index (χ2v) is 5.12. The molecule has 0 radical (unpaired) electrons. The lowest BCUT2D eigenvalue weighted by Gasteiger charge is -1.98. The minimum atomic E-state index is 0.680. The molecule has 0 aliphatic carbocycles. The Morgan fingerprint density at radius 2 is 1.84 bits per heavy atom. The number of aromatic nitrogens is 3. The highest BCUT2D eigenvalue weighted by atomic mass is 15.3. The molecule has 4 nitrogen and oxygen atoms in total. The van der Waals surface area contributed by atoms with Gasteiger partial charge in [0.1, 0.15) is 5.82 Å². The molecule has 2 heterocycles. The highest BCUT2D eigenvalue weighted by Gasteiger charge is 2.16. The maximum atomic E-state index is 5.90. The van der Waals surface area contributed by atoms with E-state index in [0.717, 1.165) is 5.69 Å². The molecule has 0 saturated carbocycles. The van der Waals surface area contributed by atoms with Crippen LogP contribution in [0.2, 0.25) is 0 Å². The normalized spacial score (nSPS) is 11.4. The second kappa shape index (κ2) is 3.88. The Morgan fingerprint density at radius 3 is 2.47 bits per heavy atom. The molecule has 2 aromatic heterocycles. The van der Waals surface area contributed by atoms with Gasteiger partial charge in [-0.15, -0.1) is 0 Å². The molecule has 4 heteroatoms. The Balaban J connectivity index is 2.39. The molecule has 19 heavy (non-hydrogen) atoms. The van der Waals surface area contributed by atoms with Crippen molar-refractivity contribution in [3.8, 4) is 11.3 Å². The van der Waals surface area contributed by atoms with Crippen LogP contribution in [-0.4, -0.2) is 14.3 Å². The van der Waals surface area contributed by atoms with Crippen LogP contribution in [-0.2, 0) is 14.1 Å². The second-order valence-electron chi connectivity index (χ2n) is 5.12. The van der Waals surface area contributed by atoms with Gasteiger partial charge in [-0.05, 0) is 26.0 Å². The monoisotopic (exact) mass is 254 g/mol. The van der Waals surface area contributed by atoms with Crippen LogP contribution in [0, 0.1) is 13.8 Å². The van der Waals surface area contributed by atoms with Gasteiger partial charge >= 0.3 is 0 Å². The zero-order valence-corrected chi connectivity index (χ0v) is 11.7. The zero-order chi connectivity index (χ0) is 13.7. The van der Waals surface area contributed by atoms with Gasteiger partial charge in [0.2, 0.25) is 0 Å². The number of rotatable bonds is 1. The van der Waals surface area contributed by atoms with E-state index in [1.165, 1.54) is 27.7 Å². The van der Waals surface area contributed by atoms with Crippen LogP contribution < -0.4 is 5.73 Å². The minimum Gasteiger partial charge on any atom is -0.384 e. The summed E-state index contributed by atoms with van der Waals surface area (Å²) in [6.07, 6.45) is 0. The van der Waals surface area contributed by atoms with Gasteiger partial charge in [0.05, 0.1) is 5.69 Å². The van der Waals surface area contributed by atoms with Crippen molar-refractivity contribution in [1.82, 2.24) is 14.3 Å². The van der Waals surface area contributed by atoms with Crippen molar-refractivity contribution in [2.45, 2.75) is 13.8 Å². The fraction of sp³-hybridized carbons (Fsp3) is 0.267. The molecule has 0 aliphatic rings. The molecule has 2 N–H and O–H groups in total. The predicted molar refractivity (Wildman–Crippen MR) is 79.0 cm³/mol. The molecule has 1 aromatic carbocycles. The first-order valence-corrected chi connectivity index (χ1v) is 6.34. The van der Waals surface area contributed by atoms with Crippen LogP contribution in [0.15, 0.2) is 24.3 Å². The molecule has 0 amide bonds. The smallest absolute Gasteiger partial charge is 0.121 e. The number of anilines is 1. The average Bonchev–Trinajstić information content (AvgIpc) is 2.79. The number of hydrogen-bond acceptors (Lipinski definition) is 2. The third-order valence-electron chi connectivity index (χ3n) is 3.82. The molecule has 0 unspecified atom stereocenters. The van der Waals surface area contributed by atoms with E-state index in [4.69, 9.17) is 5.73 Å². The summed E-state index contributed by atoms with van der Waals surface area (Å²) in [5.74, 6) is 0.680. The van der Waals surface area contributed by atoms with E-state index in [1.54, 1.807) is 4.68 Å². The van der Waals surface area contributed by atoms with Gasteiger partial charge in [-0.1, -0.05) is 11.6 Å². The third-order valence-corrected chi connectivity index (χ3v) is 3.82. The molecule has 0 aliphatic heterocycles. The van der Waals surface area contributed by atoms with E-state index in [-0.39, 0.29) is 0 Å². The molecular weight excluding hydrogens is 236 g/mol. The van der Waals surface area contributed by atoms with Gasteiger partial charge in [0, 0.05) is 42.3 Å². The number of nitrogens with two attached hydrogens (primary N) is 1. The lowest BCUT2D eigenvalue weighted by Crippen LogP contribution is -1.96. The average molecular weight is 254 g/mol. The lowest BCUT2D eigenvalue weighted by molar-refractivity contribution is 0.782. The summed E-state index contributed by atoms with van der Waals surface area (Å²) < 4.78 is 3.92. The summed E-state index contributed by atoms with van der Waals surface area (Å²) in [5, 5.41) is 5.75. The first-order chi connectivity index (χ1) is 8.99. The maximum Gasteiger partial charge on any atom is 0.121 e. The largest absolute Gasteiger partial charge is 0.384 e. The molecule has 0 spiro atoms. The number of fused-ring (bicyclic) bond motifs is 1. The van der Waals surface area contributed by atoms with E-state index >= 15 is 0 Å². The molecule has 98 valence electrons. The van der Waals surface area contributed by atoms with Gasteiger partial charge in [0.25, 0.3) is 0 Å². The summed E-state index contributed by atoms with van der Waals surface area (Å²) in [7, 11) is 3.95. The molecule has 0 saturated heterocycles. The van der Waals surface area contributed by atoms with Crippen LogP contribution in [0.25, 0.3) is 22.2 Å². The summed E-state index contributed by atoms with van der Waals surface area (Å²) in [5.41, 5.74) is 11.7. The fourth-order valence-electron chi connectivity index (χ4n) is 2.61. The number of nitrogen functional groups attached to an aromatic ring is 1. The van der Waals surface area contributed by atoms with E-state index in [9.17, 15) is 0 Å². The fourth-order valence-corrected chi connectivity index (χ4v) is 2.61. The van der Waals surface area contributed by atoms with E-state index < -0.39 is 0 Å². The molecule has 0 atom stereocenters. The SMILES string of the molecule is Cc1ccc2c(c1)c(-c1cc(N)n(C)n1)c(C)n2C. The van der Waals surface area contributed by atoms with Crippen LogP contribution in [0.3, 0.4) is 0 Å². The third kappa shape index (κ3) is 1.63. The van der Waals surface area contributed by atoms with Gasteiger partial charge in [0.15, 0.2) is 0 Å². The molecular formula is C15H18N4. The van der Waals surface area contributed by atoms with E-state index in [0.29, 0.717) is 5.82 Å². The van der Waals surface area contributed by atoms with Gasteiger partial charge in [-0.3, -0.25) is 4.68 Å². The van der Waals surface area contributed by atoms with Crippen molar-refractivity contribution >= 4 is 16.7 Å². The van der Waals surface area contributed by atoms with Crippen LogP contribution >= 0.6 is 0 Å². The first-order valence-electron chi connectivity index (χ1n) is 6.34. The molecule has 0 fully saturated rings. The summed E-state index contributed by atoms with van der Waals surface area (Å²) in [4.78, 5) is 0. The predicted octanol–water partition coefficient (Wildman–Crippen LogP) is 2.78. The first kappa shape index (κ1) is 11.8. The highest BCUT2D eigenvalue weighted by Crippen LogP contribution is 2.34. The van der Waals surface area contributed by atoms with Crippen molar-refractivity contribution in [2.75, 3.05) is 5.73 Å². The Labute approximate surface area is 112 Å². The van der Waals surface area contributed by atoms with Crippen LogP contribution in [0.1, 0.15) is 11.3 Å². The molecule has 0 bridgehead atoms. The number of benzene rings is 1. The summed E-state index contributed by atoms with van der Waals surface area (Å²) in [6, 6.07) is 8.44. The van der Waals surface area contributed by atoms with Crippen molar-refractivity contribution in [1.29, 1.82) is 0 Å². The Morgan fingerprint density at radius 1 is 1.11 bits per heavy atom. The Bertz CT molecular complexity index is 758. The van der Waals surface area contributed by atoms with Gasteiger partial charge < -0.3 is 10.3 Å².